The predicted octanol–water partition coefficient (Wildman–Crippen LogP) is 0.470. The highest BCUT2D eigenvalue weighted by Crippen LogP contribution is 2.01. The predicted molar refractivity (Wildman–Crippen MR) is 71.7 cm³/mol. The summed E-state index contributed by atoms with van der Waals surface area (Å²) < 4.78 is 0. The second-order valence-corrected chi connectivity index (χ2v) is 4.06. The van der Waals surface area contributed by atoms with Crippen molar-refractivity contribution in [1.29, 1.82) is 0 Å². The highest BCUT2D eigenvalue weighted by atomic mass is 16.4. The van der Waals surface area contributed by atoms with Crippen LogP contribution in [0.5, 0.6) is 0 Å². The molecule has 0 saturated carbocycles. The molecule has 1 rings (SSSR count). The summed E-state index contributed by atoms with van der Waals surface area (Å²) in [5.74, 6) is -4.09. The maximum Gasteiger partial charge on any atom is 0.326 e. The lowest BCUT2D eigenvalue weighted by molar-refractivity contribution is -0.146. The first-order valence-corrected chi connectivity index (χ1v) is 5.92. The van der Waals surface area contributed by atoms with Crippen LogP contribution in [0.25, 0.3) is 0 Å². The van der Waals surface area contributed by atoms with Crippen molar-refractivity contribution in [1.82, 2.24) is 5.32 Å². The molecule has 0 heterocycles. The van der Waals surface area contributed by atoms with E-state index in [4.69, 9.17) is 10.2 Å². The number of hydrogen-bond acceptors (Lipinski definition) is 4. The molecule has 0 aliphatic heterocycles. The van der Waals surface area contributed by atoms with Crippen molar-refractivity contribution in [3.05, 3.63) is 48.0 Å². The molecule has 0 bridgehead atoms. The molecule has 0 fully saturated rings. The fourth-order valence-corrected chi connectivity index (χ4v) is 1.44. The second-order valence-electron chi connectivity index (χ2n) is 4.06. The standard InChI is InChI=1S/C14H13NO6/c16-11(9-4-2-1-3-5-9)6-7-12(17)15-10(14(20)21)8-13(18)19/h1-7,10H,8H2,(H,15,17)(H,18,19)(H,20,21)/t10-/m1/s1. The first-order valence-electron chi connectivity index (χ1n) is 5.92. The van der Waals surface area contributed by atoms with Gasteiger partial charge in [0, 0.05) is 11.6 Å². The van der Waals surface area contributed by atoms with Gasteiger partial charge in [-0.1, -0.05) is 30.3 Å². The lowest BCUT2D eigenvalue weighted by atomic mass is 10.1. The van der Waals surface area contributed by atoms with Gasteiger partial charge in [0.1, 0.15) is 6.04 Å². The maximum absolute atomic E-state index is 11.7. The van der Waals surface area contributed by atoms with Crippen LogP contribution in [-0.2, 0) is 14.4 Å². The number of carboxylic acid groups (broad SMARTS) is 2. The van der Waals surface area contributed by atoms with E-state index in [2.05, 4.69) is 0 Å². The Bertz CT molecular complexity index is 578. The van der Waals surface area contributed by atoms with E-state index in [1.807, 2.05) is 5.32 Å². The van der Waals surface area contributed by atoms with Crippen molar-refractivity contribution in [2.75, 3.05) is 0 Å². The molecule has 1 amide bonds. The van der Waals surface area contributed by atoms with E-state index in [0.717, 1.165) is 12.2 Å². The van der Waals surface area contributed by atoms with Crippen molar-refractivity contribution in [3.8, 4) is 0 Å². The van der Waals surface area contributed by atoms with Crippen LogP contribution in [0.15, 0.2) is 42.5 Å². The number of rotatable bonds is 7. The second kappa shape index (κ2) is 7.59. The van der Waals surface area contributed by atoms with Crippen molar-refractivity contribution >= 4 is 23.6 Å². The van der Waals surface area contributed by atoms with Crippen molar-refractivity contribution in [2.45, 2.75) is 12.5 Å². The zero-order valence-electron chi connectivity index (χ0n) is 10.9. The van der Waals surface area contributed by atoms with E-state index < -0.39 is 36.1 Å². The Hall–Kier alpha value is -2.96. The fourth-order valence-electron chi connectivity index (χ4n) is 1.44. The Morgan fingerprint density at radius 1 is 1.05 bits per heavy atom. The molecule has 110 valence electrons. The largest absolute Gasteiger partial charge is 0.481 e. The van der Waals surface area contributed by atoms with Crippen LogP contribution in [0.2, 0.25) is 0 Å². The number of carbonyl (C=O) groups is 4. The zero-order valence-corrected chi connectivity index (χ0v) is 10.9. The third-order valence-corrected chi connectivity index (χ3v) is 2.44. The van der Waals surface area contributed by atoms with Gasteiger partial charge in [-0.2, -0.15) is 0 Å². The minimum Gasteiger partial charge on any atom is -0.481 e. The highest BCUT2D eigenvalue weighted by Gasteiger charge is 2.22. The van der Waals surface area contributed by atoms with E-state index in [1.54, 1.807) is 30.3 Å². The summed E-state index contributed by atoms with van der Waals surface area (Å²) in [5, 5.41) is 19.3. The summed E-state index contributed by atoms with van der Waals surface area (Å²) in [4.78, 5) is 44.4. The molecule has 0 saturated heterocycles. The Balaban J connectivity index is 2.63. The van der Waals surface area contributed by atoms with Gasteiger partial charge in [0.2, 0.25) is 5.91 Å². The van der Waals surface area contributed by atoms with Gasteiger partial charge in [0.15, 0.2) is 5.78 Å². The summed E-state index contributed by atoms with van der Waals surface area (Å²) in [5.41, 5.74) is 0.377. The summed E-state index contributed by atoms with van der Waals surface area (Å²) in [6, 6.07) is 6.63. The molecule has 0 aromatic heterocycles. The number of hydrogen-bond donors (Lipinski definition) is 3. The quantitative estimate of drug-likeness (QED) is 0.496. The van der Waals surface area contributed by atoms with Gasteiger partial charge in [0.05, 0.1) is 6.42 Å². The SMILES string of the molecule is O=C(O)C[C@@H](NC(=O)C=CC(=O)c1ccccc1)C(=O)O. The lowest BCUT2D eigenvalue weighted by Crippen LogP contribution is -2.41. The first-order chi connectivity index (χ1) is 9.90. The number of carbonyl (C=O) groups excluding carboxylic acids is 2. The van der Waals surface area contributed by atoms with Gasteiger partial charge in [-0.15, -0.1) is 0 Å². The molecule has 1 aromatic carbocycles. The van der Waals surface area contributed by atoms with E-state index >= 15 is 0 Å². The third kappa shape index (κ3) is 5.68. The first kappa shape index (κ1) is 16.1. The normalized spacial score (nSPS) is 11.8. The molecule has 7 nitrogen and oxygen atoms in total. The molecule has 3 N–H and O–H groups in total. The molecule has 1 aromatic rings. The molecular weight excluding hydrogens is 278 g/mol. The van der Waals surface area contributed by atoms with Gasteiger partial charge in [-0.3, -0.25) is 14.4 Å². The number of ketones is 1. The molecule has 1 atom stereocenters. The van der Waals surface area contributed by atoms with Gasteiger partial charge in [-0.25, -0.2) is 4.79 Å². The molecule has 0 unspecified atom stereocenters. The molecule has 0 radical (unpaired) electrons. The smallest absolute Gasteiger partial charge is 0.326 e. The van der Waals surface area contributed by atoms with E-state index in [-0.39, 0.29) is 0 Å². The molecular formula is C14H13NO6. The summed E-state index contributed by atoms with van der Waals surface area (Å²) >= 11 is 0. The minimum absolute atomic E-state index is 0.377. The summed E-state index contributed by atoms with van der Waals surface area (Å²) in [7, 11) is 0. The number of carboxylic acids is 2. The van der Waals surface area contributed by atoms with Gasteiger partial charge in [0.25, 0.3) is 0 Å². The Labute approximate surface area is 119 Å². The summed E-state index contributed by atoms with van der Waals surface area (Å²) in [6.45, 7) is 0. The van der Waals surface area contributed by atoms with Crippen LogP contribution >= 0.6 is 0 Å². The van der Waals surface area contributed by atoms with Gasteiger partial charge >= 0.3 is 11.9 Å². The molecule has 0 aliphatic rings. The fraction of sp³-hybridized carbons (Fsp3) is 0.143. The third-order valence-electron chi connectivity index (χ3n) is 2.44. The Kier molecular flexibility index (Phi) is 5.81. The van der Waals surface area contributed by atoms with Crippen LogP contribution in [0, 0.1) is 0 Å². The number of nitrogens with one attached hydrogen (secondary N) is 1. The zero-order chi connectivity index (χ0) is 15.8. The highest BCUT2D eigenvalue weighted by molar-refractivity contribution is 6.07. The molecule has 0 aliphatic carbocycles. The maximum atomic E-state index is 11.7. The van der Waals surface area contributed by atoms with Crippen LogP contribution in [0.4, 0.5) is 0 Å². The van der Waals surface area contributed by atoms with Crippen LogP contribution in [-0.4, -0.2) is 39.9 Å². The average Bonchev–Trinajstić information content (AvgIpc) is 2.44. The van der Waals surface area contributed by atoms with E-state index in [1.165, 1.54) is 0 Å². The number of allylic oxidation sites excluding steroid dienone is 1. The van der Waals surface area contributed by atoms with Gasteiger partial charge < -0.3 is 15.5 Å². The number of benzene rings is 1. The Morgan fingerprint density at radius 2 is 1.67 bits per heavy atom. The number of aliphatic carboxylic acids is 2. The van der Waals surface area contributed by atoms with E-state index in [9.17, 15) is 19.2 Å². The van der Waals surface area contributed by atoms with Crippen LogP contribution in [0.3, 0.4) is 0 Å². The molecule has 21 heavy (non-hydrogen) atoms. The van der Waals surface area contributed by atoms with Gasteiger partial charge in [-0.05, 0) is 6.08 Å². The lowest BCUT2D eigenvalue weighted by Gasteiger charge is -2.10. The van der Waals surface area contributed by atoms with Crippen molar-refractivity contribution in [2.24, 2.45) is 0 Å². The monoisotopic (exact) mass is 291 g/mol. The molecule has 7 heteroatoms. The Morgan fingerprint density at radius 3 is 2.19 bits per heavy atom. The average molecular weight is 291 g/mol. The molecule has 0 spiro atoms. The topological polar surface area (TPSA) is 121 Å². The van der Waals surface area contributed by atoms with Crippen LogP contribution in [0.1, 0.15) is 16.8 Å². The van der Waals surface area contributed by atoms with E-state index in [0.29, 0.717) is 5.56 Å². The minimum atomic E-state index is -1.55. The number of amides is 1. The van der Waals surface area contributed by atoms with Crippen LogP contribution < -0.4 is 5.32 Å². The van der Waals surface area contributed by atoms with Crippen molar-refractivity contribution in [3.63, 3.8) is 0 Å². The van der Waals surface area contributed by atoms with Crippen molar-refractivity contribution < 1.29 is 29.4 Å². The summed E-state index contributed by atoms with van der Waals surface area (Å²) in [6.07, 6.45) is 1.11.